The molecule has 8 heteroatoms. The standard InChI is InChI=1S/C21H24N2O6/c1-3-28-17-13-16(23-21(27)14-8-6-5-7-9-14)18(29-4-2)12-15(17)22-19(24)10-11-20(25)26/h5-9,12-13H,3-4,10-11H2,1-2H3,(H,22,24)(H,23,27)(H,25,26)/p-1. The number of amides is 2. The molecule has 0 unspecified atom stereocenters. The van der Waals surface area contributed by atoms with Crippen molar-refractivity contribution in [2.24, 2.45) is 0 Å². The van der Waals surface area contributed by atoms with Gasteiger partial charge in [-0.25, -0.2) is 0 Å². The second-order valence-electron chi connectivity index (χ2n) is 5.95. The van der Waals surface area contributed by atoms with E-state index >= 15 is 0 Å². The number of hydrogen-bond acceptors (Lipinski definition) is 6. The number of aliphatic carboxylic acids is 1. The Kier molecular flexibility index (Phi) is 8.02. The van der Waals surface area contributed by atoms with Crippen LogP contribution < -0.4 is 25.2 Å². The second kappa shape index (κ2) is 10.7. The molecule has 0 heterocycles. The summed E-state index contributed by atoms with van der Waals surface area (Å²) in [4.78, 5) is 35.1. The van der Waals surface area contributed by atoms with Gasteiger partial charge in [-0.3, -0.25) is 9.59 Å². The van der Waals surface area contributed by atoms with Crippen LogP contribution in [0.15, 0.2) is 42.5 Å². The zero-order valence-corrected chi connectivity index (χ0v) is 16.3. The van der Waals surface area contributed by atoms with Crippen LogP contribution >= 0.6 is 0 Å². The highest BCUT2D eigenvalue weighted by molar-refractivity contribution is 6.05. The number of carboxylic acid groups (broad SMARTS) is 1. The van der Waals surface area contributed by atoms with Crippen LogP contribution in [0.1, 0.15) is 37.0 Å². The van der Waals surface area contributed by atoms with Crippen molar-refractivity contribution in [1.29, 1.82) is 0 Å². The number of carbonyl (C=O) groups is 3. The van der Waals surface area contributed by atoms with Crippen LogP contribution in [0.25, 0.3) is 0 Å². The van der Waals surface area contributed by atoms with E-state index in [4.69, 9.17) is 9.47 Å². The van der Waals surface area contributed by atoms with E-state index < -0.39 is 11.9 Å². The highest BCUT2D eigenvalue weighted by Gasteiger charge is 2.17. The molecule has 154 valence electrons. The molecule has 0 saturated carbocycles. The Morgan fingerprint density at radius 1 is 0.862 bits per heavy atom. The van der Waals surface area contributed by atoms with E-state index in [0.29, 0.717) is 41.7 Å². The monoisotopic (exact) mass is 399 g/mol. The Morgan fingerprint density at radius 3 is 1.93 bits per heavy atom. The third-order valence-electron chi connectivity index (χ3n) is 3.80. The SMILES string of the molecule is CCOc1cc(NC(=O)c2ccccc2)c(OCC)cc1NC(=O)CCC(=O)[O-]. The third-order valence-corrected chi connectivity index (χ3v) is 3.80. The lowest BCUT2D eigenvalue weighted by Crippen LogP contribution is -2.24. The van der Waals surface area contributed by atoms with Crippen LogP contribution in [0.2, 0.25) is 0 Å². The molecular formula is C21H23N2O6-. The Morgan fingerprint density at radius 2 is 1.41 bits per heavy atom. The van der Waals surface area contributed by atoms with Gasteiger partial charge in [0.2, 0.25) is 5.91 Å². The molecule has 0 bridgehead atoms. The summed E-state index contributed by atoms with van der Waals surface area (Å²) in [5, 5.41) is 16.0. The zero-order valence-electron chi connectivity index (χ0n) is 16.3. The predicted octanol–water partition coefficient (Wildman–Crippen LogP) is 2.20. The normalized spacial score (nSPS) is 10.1. The fourth-order valence-electron chi connectivity index (χ4n) is 2.52. The van der Waals surface area contributed by atoms with Gasteiger partial charge in [-0.1, -0.05) is 18.2 Å². The average molecular weight is 399 g/mol. The molecular weight excluding hydrogens is 376 g/mol. The van der Waals surface area contributed by atoms with Gasteiger partial charge in [-0.2, -0.15) is 0 Å². The van der Waals surface area contributed by atoms with Gasteiger partial charge in [0.05, 0.1) is 24.6 Å². The van der Waals surface area contributed by atoms with Crippen LogP contribution in [0.4, 0.5) is 11.4 Å². The molecule has 0 aliphatic rings. The van der Waals surface area contributed by atoms with Crippen molar-refractivity contribution in [1.82, 2.24) is 0 Å². The van der Waals surface area contributed by atoms with Gasteiger partial charge in [-0.15, -0.1) is 0 Å². The van der Waals surface area contributed by atoms with Crippen LogP contribution in [-0.2, 0) is 9.59 Å². The van der Waals surface area contributed by atoms with Crippen molar-refractivity contribution in [3.63, 3.8) is 0 Å². The molecule has 0 spiro atoms. The van der Waals surface area contributed by atoms with E-state index in [1.54, 1.807) is 44.2 Å². The molecule has 0 aromatic heterocycles. The molecule has 2 aromatic rings. The molecule has 2 rings (SSSR count). The van der Waals surface area contributed by atoms with Gasteiger partial charge in [0, 0.05) is 30.1 Å². The number of rotatable bonds is 10. The Labute approximate surface area is 168 Å². The maximum atomic E-state index is 12.5. The van der Waals surface area contributed by atoms with Gasteiger partial charge in [0.1, 0.15) is 11.5 Å². The molecule has 2 aromatic carbocycles. The number of anilines is 2. The maximum absolute atomic E-state index is 12.5. The second-order valence-corrected chi connectivity index (χ2v) is 5.95. The molecule has 0 fully saturated rings. The van der Waals surface area contributed by atoms with Crippen LogP contribution in [0, 0.1) is 0 Å². The molecule has 0 saturated heterocycles. The summed E-state index contributed by atoms with van der Waals surface area (Å²) in [6.07, 6.45) is -0.621. The lowest BCUT2D eigenvalue weighted by Gasteiger charge is -2.18. The molecule has 29 heavy (non-hydrogen) atoms. The smallest absolute Gasteiger partial charge is 0.255 e. The molecule has 8 nitrogen and oxygen atoms in total. The maximum Gasteiger partial charge on any atom is 0.255 e. The quantitative estimate of drug-likeness (QED) is 0.633. The first kappa shape index (κ1) is 21.7. The van der Waals surface area contributed by atoms with E-state index in [9.17, 15) is 19.5 Å². The van der Waals surface area contributed by atoms with Crippen LogP contribution in [0.3, 0.4) is 0 Å². The topological polar surface area (TPSA) is 117 Å². The molecule has 0 atom stereocenters. The molecule has 2 amide bonds. The molecule has 0 aliphatic carbocycles. The van der Waals surface area contributed by atoms with Gasteiger partial charge >= 0.3 is 0 Å². The molecule has 0 aliphatic heterocycles. The summed E-state index contributed by atoms with van der Waals surface area (Å²) >= 11 is 0. The minimum Gasteiger partial charge on any atom is -0.550 e. The van der Waals surface area contributed by atoms with Crippen molar-refractivity contribution in [2.75, 3.05) is 23.8 Å². The number of nitrogens with one attached hydrogen (secondary N) is 2. The largest absolute Gasteiger partial charge is 0.550 e. The van der Waals surface area contributed by atoms with Crippen LogP contribution in [-0.4, -0.2) is 31.0 Å². The zero-order chi connectivity index (χ0) is 21.2. The lowest BCUT2D eigenvalue weighted by atomic mass is 10.2. The highest BCUT2D eigenvalue weighted by Crippen LogP contribution is 2.37. The van der Waals surface area contributed by atoms with Crippen molar-refractivity contribution >= 4 is 29.2 Å². The highest BCUT2D eigenvalue weighted by atomic mass is 16.5. The van der Waals surface area contributed by atoms with Crippen molar-refractivity contribution in [3.8, 4) is 11.5 Å². The molecule has 2 N–H and O–H groups in total. The summed E-state index contributed by atoms with van der Waals surface area (Å²) in [6.45, 7) is 4.22. The summed E-state index contributed by atoms with van der Waals surface area (Å²) in [5.41, 5.74) is 1.18. The number of hydrogen-bond donors (Lipinski definition) is 2. The van der Waals surface area contributed by atoms with E-state index in [1.165, 1.54) is 6.07 Å². The first-order valence-corrected chi connectivity index (χ1v) is 9.24. The summed E-state index contributed by atoms with van der Waals surface area (Å²) < 4.78 is 11.2. The number of ether oxygens (including phenoxy) is 2. The first-order chi connectivity index (χ1) is 13.9. The van der Waals surface area contributed by atoms with Gasteiger partial charge in [0.15, 0.2) is 0 Å². The van der Waals surface area contributed by atoms with E-state index in [1.807, 2.05) is 6.07 Å². The Balaban J connectivity index is 2.31. The first-order valence-electron chi connectivity index (χ1n) is 9.24. The van der Waals surface area contributed by atoms with E-state index in [0.717, 1.165) is 0 Å². The van der Waals surface area contributed by atoms with Gasteiger partial charge in [-0.05, 0) is 32.4 Å². The van der Waals surface area contributed by atoms with E-state index in [-0.39, 0.29) is 18.7 Å². The van der Waals surface area contributed by atoms with Gasteiger partial charge in [0.25, 0.3) is 5.91 Å². The summed E-state index contributed by atoms with van der Waals surface area (Å²) in [5.74, 6) is -1.46. The fourth-order valence-corrected chi connectivity index (χ4v) is 2.52. The van der Waals surface area contributed by atoms with Crippen molar-refractivity contribution in [3.05, 3.63) is 48.0 Å². The van der Waals surface area contributed by atoms with Gasteiger partial charge < -0.3 is 30.0 Å². The summed E-state index contributed by atoms with van der Waals surface area (Å²) in [7, 11) is 0. The summed E-state index contributed by atoms with van der Waals surface area (Å²) in [6, 6.07) is 11.8. The minimum atomic E-state index is -1.31. The van der Waals surface area contributed by atoms with Crippen molar-refractivity contribution < 1.29 is 29.0 Å². The number of benzene rings is 2. The van der Waals surface area contributed by atoms with Crippen LogP contribution in [0.5, 0.6) is 11.5 Å². The Hall–Kier alpha value is -3.55. The van der Waals surface area contributed by atoms with Crippen molar-refractivity contribution in [2.45, 2.75) is 26.7 Å². The lowest BCUT2D eigenvalue weighted by molar-refractivity contribution is -0.305. The average Bonchev–Trinajstić information content (AvgIpc) is 2.70. The predicted molar refractivity (Wildman–Crippen MR) is 106 cm³/mol. The fraction of sp³-hybridized carbons (Fsp3) is 0.286. The molecule has 0 radical (unpaired) electrons. The Bertz CT molecular complexity index is 867. The third kappa shape index (κ3) is 6.53. The number of carbonyl (C=O) groups excluding carboxylic acids is 3. The number of carboxylic acids is 1. The minimum absolute atomic E-state index is 0.232. The van der Waals surface area contributed by atoms with E-state index in [2.05, 4.69) is 10.6 Å².